The van der Waals surface area contributed by atoms with E-state index in [9.17, 15) is 9.59 Å². The molecule has 9 heteroatoms. The molecule has 2 heterocycles. The monoisotopic (exact) mass is 490 g/mol. The number of carbonyl (C=O) groups excluding carboxylic acids is 2. The summed E-state index contributed by atoms with van der Waals surface area (Å²) in [6, 6.07) is 0. The Hall–Kier alpha value is -1.84. The summed E-state index contributed by atoms with van der Waals surface area (Å²) >= 11 is 0. The number of hydrogen-bond donors (Lipinski definition) is 0. The van der Waals surface area contributed by atoms with Crippen LogP contribution in [0.5, 0.6) is 0 Å². The Morgan fingerprint density at radius 1 is 1.09 bits per heavy atom. The van der Waals surface area contributed by atoms with Crippen molar-refractivity contribution < 1.29 is 32.8 Å². The van der Waals surface area contributed by atoms with E-state index in [0.29, 0.717) is 12.2 Å². The van der Waals surface area contributed by atoms with Gasteiger partial charge in [-0.3, -0.25) is 0 Å². The number of carbonyl (C=O) groups is 2. The third-order valence-corrected chi connectivity index (χ3v) is 8.98. The third-order valence-electron chi connectivity index (χ3n) is 6.26. The predicted octanol–water partition coefficient (Wildman–Crippen LogP) is 3.90. The molecule has 1 unspecified atom stereocenters. The van der Waals surface area contributed by atoms with Crippen LogP contribution in [-0.4, -0.2) is 51.5 Å². The van der Waals surface area contributed by atoms with Gasteiger partial charge < -0.3 is 23.2 Å². The highest BCUT2D eigenvalue weighted by Crippen LogP contribution is 2.30. The van der Waals surface area contributed by atoms with Crippen LogP contribution in [0.25, 0.3) is 0 Å². The van der Waals surface area contributed by atoms with Gasteiger partial charge in [0.2, 0.25) is 0 Å². The second-order valence-electron chi connectivity index (χ2n) is 10.7. The molecule has 1 aliphatic heterocycles. The first-order chi connectivity index (χ1) is 15.9. The Balaban J connectivity index is 1.69. The summed E-state index contributed by atoms with van der Waals surface area (Å²) in [5.41, 5.74) is 4.90. The highest BCUT2D eigenvalue weighted by molar-refractivity contribution is 6.93. The number of hydrogen-bond acceptors (Lipinski definition) is 7. The van der Waals surface area contributed by atoms with Crippen LogP contribution in [0.15, 0.2) is 16.2 Å². The lowest BCUT2D eigenvalue weighted by molar-refractivity contribution is -0.167. The smallest absolute Gasteiger partial charge is 0.462 e. The first-order valence-electron chi connectivity index (χ1n) is 12.4. The lowest BCUT2D eigenvalue weighted by atomic mass is 9.85. The molecule has 0 N–H and O–H groups in total. The molecule has 0 radical (unpaired) electrons. The van der Waals surface area contributed by atoms with Crippen molar-refractivity contribution in [2.75, 3.05) is 0 Å². The molecular weight excluding hydrogens is 451 g/mol. The van der Waals surface area contributed by atoms with E-state index in [1.807, 2.05) is 6.08 Å². The maximum absolute atomic E-state index is 12.5. The van der Waals surface area contributed by atoms with E-state index >= 15 is 0 Å². The Bertz CT molecular complexity index is 891. The summed E-state index contributed by atoms with van der Waals surface area (Å²) < 4.78 is 28.5. The molecular formula is C25H39BO7Si. The zero-order chi connectivity index (χ0) is 25.2. The highest BCUT2D eigenvalue weighted by atomic mass is 28.3. The van der Waals surface area contributed by atoms with Crippen LogP contribution >= 0.6 is 0 Å². The molecule has 1 aliphatic carbocycles. The Kier molecular flexibility index (Phi) is 8.52. The van der Waals surface area contributed by atoms with E-state index in [-0.39, 0.29) is 12.2 Å². The van der Waals surface area contributed by atoms with Crippen LogP contribution in [0.1, 0.15) is 57.9 Å². The van der Waals surface area contributed by atoms with E-state index in [0.717, 1.165) is 24.0 Å². The number of allylic oxidation sites excluding steroid dienone is 1. The van der Waals surface area contributed by atoms with E-state index in [2.05, 4.69) is 32.6 Å². The highest BCUT2D eigenvalue weighted by Gasteiger charge is 2.49. The molecule has 1 saturated heterocycles. The summed E-state index contributed by atoms with van der Waals surface area (Å²) in [5.74, 6) is 0.579. The molecule has 1 fully saturated rings. The van der Waals surface area contributed by atoms with Gasteiger partial charge in [0.1, 0.15) is 13.8 Å². The van der Waals surface area contributed by atoms with Gasteiger partial charge in [0.05, 0.1) is 17.6 Å². The average molecular weight is 490 g/mol. The molecule has 0 saturated carbocycles. The molecule has 0 amide bonds. The largest absolute Gasteiger partial charge is 0.470 e. The van der Waals surface area contributed by atoms with Gasteiger partial charge in [0.25, 0.3) is 0 Å². The topological polar surface area (TPSA) is 84.2 Å². The van der Waals surface area contributed by atoms with Crippen LogP contribution in [-0.2, 0) is 41.2 Å². The van der Waals surface area contributed by atoms with Crippen LogP contribution in [0, 0.1) is 12.8 Å². The summed E-state index contributed by atoms with van der Waals surface area (Å²) in [7, 11) is -2.73. The van der Waals surface area contributed by atoms with Crippen molar-refractivity contribution in [3.8, 4) is 0 Å². The number of furan rings is 1. The fourth-order valence-corrected chi connectivity index (χ4v) is 7.02. The second kappa shape index (κ2) is 10.8. The van der Waals surface area contributed by atoms with Crippen molar-refractivity contribution in [2.45, 2.75) is 105 Å². The SMILES string of the molecule is Cc1c([Si](C)(C)/C=C/CB2O[C@@H](C(=O)OC(C)C)[C@H](C(=O)OC(C)C)O2)oc2c1CCC(C)C2. The fraction of sp³-hybridized carbons (Fsp3) is 0.680. The summed E-state index contributed by atoms with van der Waals surface area (Å²) in [6.07, 6.45) is 2.80. The molecule has 3 rings (SSSR count). The van der Waals surface area contributed by atoms with Crippen molar-refractivity contribution in [2.24, 2.45) is 5.92 Å². The van der Waals surface area contributed by atoms with Crippen molar-refractivity contribution in [3.63, 3.8) is 0 Å². The minimum absolute atomic E-state index is 0.325. The van der Waals surface area contributed by atoms with Crippen molar-refractivity contribution >= 4 is 32.5 Å². The average Bonchev–Trinajstić information content (AvgIpc) is 3.29. The molecule has 1 aromatic heterocycles. The molecule has 1 aromatic rings. The first kappa shape index (κ1) is 26.8. The van der Waals surface area contributed by atoms with Crippen molar-refractivity contribution in [1.29, 1.82) is 0 Å². The zero-order valence-corrected chi connectivity index (χ0v) is 22.8. The number of ether oxygens (including phenoxy) is 2. The van der Waals surface area contributed by atoms with Crippen LogP contribution in [0.2, 0.25) is 19.4 Å². The van der Waals surface area contributed by atoms with Gasteiger partial charge in [-0.25, -0.2) is 9.59 Å². The van der Waals surface area contributed by atoms with Crippen molar-refractivity contribution in [1.82, 2.24) is 0 Å². The molecule has 0 spiro atoms. The number of fused-ring (bicyclic) bond motifs is 1. The lowest BCUT2D eigenvalue weighted by Gasteiger charge is -2.18. The normalized spacial score (nSPS) is 23.1. The Morgan fingerprint density at radius 3 is 2.18 bits per heavy atom. The van der Waals surface area contributed by atoms with Crippen molar-refractivity contribution in [3.05, 3.63) is 28.7 Å². The molecule has 2 aliphatic rings. The third kappa shape index (κ3) is 6.23. The van der Waals surface area contributed by atoms with Crippen LogP contribution in [0.3, 0.4) is 0 Å². The van der Waals surface area contributed by atoms with Gasteiger partial charge in [-0.1, -0.05) is 31.8 Å². The van der Waals surface area contributed by atoms with Gasteiger partial charge in [0.15, 0.2) is 12.2 Å². The summed E-state index contributed by atoms with van der Waals surface area (Å²) in [6.45, 7) is 16.0. The van der Waals surface area contributed by atoms with Crippen LogP contribution in [0.4, 0.5) is 0 Å². The summed E-state index contributed by atoms with van der Waals surface area (Å²) in [4.78, 5) is 25.0. The van der Waals surface area contributed by atoms with Crippen LogP contribution < -0.4 is 5.38 Å². The van der Waals surface area contributed by atoms with E-state index < -0.39 is 39.3 Å². The molecule has 0 bridgehead atoms. The quantitative estimate of drug-likeness (QED) is 0.404. The lowest BCUT2D eigenvalue weighted by Crippen LogP contribution is -2.40. The maximum atomic E-state index is 12.5. The maximum Gasteiger partial charge on any atom is 0.462 e. The second-order valence-corrected chi connectivity index (χ2v) is 14.9. The minimum Gasteiger partial charge on any atom is -0.470 e. The molecule has 188 valence electrons. The molecule has 3 atom stereocenters. The van der Waals surface area contributed by atoms with Gasteiger partial charge in [-0.2, -0.15) is 0 Å². The zero-order valence-electron chi connectivity index (χ0n) is 21.8. The Labute approximate surface area is 204 Å². The van der Waals surface area contributed by atoms with Gasteiger partial charge >= 0.3 is 19.1 Å². The van der Waals surface area contributed by atoms with E-state index in [4.69, 9.17) is 23.2 Å². The molecule has 0 aromatic carbocycles. The standard InChI is InChI=1S/C25H39BO7Si/c1-15(2)29-23(27)21-22(24(28)30-16(3)4)33-26(32-21)12-9-13-34(7,8)25-18(6)19-11-10-17(5)14-20(19)31-25/h9,13,15-17,21-22H,10-12,14H2,1-8H3/b13-9+/t17?,21-,22-/m1/s1. The minimum atomic E-state index is -2.00. The number of rotatable bonds is 8. The van der Waals surface area contributed by atoms with E-state index in [1.54, 1.807) is 27.7 Å². The predicted molar refractivity (Wildman–Crippen MR) is 134 cm³/mol. The van der Waals surface area contributed by atoms with Gasteiger partial charge in [0, 0.05) is 6.42 Å². The first-order valence-corrected chi connectivity index (χ1v) is 15.5. The van der Waals surface area contributed by atoms with Gasteiger partial charge in [-0.15, -0.1) is 0 Å². The molecule has 34 heavy (non-hydrogen) atoms. The van der Waals surface area contributed by atoms with Gasteiger partial charge in [-0.05, 0) is 70.8 Å². The Morgan fingerprint density at radius 2 is 1.65 bits per heavy atom. The van der Waals surface area contributed by atoms with E-state index in [1.165, 1.54) is 17.5 Å². The summed E-state index contributed by atoms with van der Waals surface area (Å²) in [5, 5.41) is 1.12. The fourth-order valence-electron chi connectivity index (χ4n) is 4.64. The molecule has 7 nitrogen and oxygen atoms in total. The number of esters is 2.